The van der Waals surface area contributed by atoms with Crippen LogP contribution in [0.4, 0.5) is 0 Å². The van der Waals surface area contributed by atoms with Crippen molar-refractivity contribution in [1.82, 2.24) is 4.90 Å². The summed E-state index contributed by atoms with van der Waals surface area (Å²) < 4.78 is 5.36. The van der Waals surface area contributed by atoms with Crippen molar-refractivity contribution in [2.75, 3.05) is 32.8 Å². The van der Waals surface area contributed by atoms with Crippen LogP contribution in [-0.2, 0) is 9.53 Å². The van der Waals surface area contributed by atoms with Crippen LogP contribution in [0.2, 0.25) is 0 Å². The highest BCUT2D eigenvalue weighted by molar-refractivity contribution is 5.60. The van der Waals surface area contributed by atoms with Crippen molar-refractivity contribution in [3.63, 3.8) is 0 Å². The minimum atomic E-state index is -0.110. The van der Waals surface area contributed by atoms with E-state index < -0.39 is 0 Å². The van der Waals surface area contributed by atoms with Crippen molar-refractivity contribution >= 4 is 6.29 Å². The molecule has 0 aliphatic carbocycles. The second-order valence-corrected chi connectivity index (χ2v) is 5.39. The Bertz CT molecular complexity index is 236. The fourth-order valence-electron chi connectivity index (χ4n) is 2.93. The maximum Gasteiger partial charge on any atom is 0.127 e. The molecule has 2 saturated heterocycles. The van der Waals surface area contributed by atoms with Gasteiger partial charge in [-0.15, -0.1) is 0 Å². The molecule has 0 bridgehead atoms. The van der Waals surface area contributed by atoms with Gasteiger partial charge in [0.15, 0.2) is 0 Å². The molecular weight excluding hydrogens is 202 g/mol. The summed E-state index contributed by atoms with van der Waals surface area (Å²) in [6, 6.07) is 0. The topological polar surface area (TPSA) is 29.5 Å². The number of nitrogens with zero attached hydrogens (tertiary/aromatic N) is 1. The van der Waals surface area contributed by atoms with E-state index in [1.165, 1.54) is 32.2 Å². The number of hydrogen-bond acceptors (Lipinski definition) is 3. The van der Waals surface area contributed by atoms with Crippen molar-refractivity contribution < 1.29 is 9.53 Å². The molecule has 0 spiro atoms. The van der Waals surface area contributed by atoms with Crippen molar-refractivity contribution in [3.05, 3.63) is 0 Å². The molecule has 2 aliphatic rings. The van der Waals surface area contributed by atoms with Crippen LogP contribution in [0.5, 0.6) is 0 Å². The van der Waals surface area contributed by atoms with Crippen LogP contribution in [0.15, 0.2) is 0 Å². The lowest BCUT2D eigenvalue weighted by Crippen LogP contribution is -2.41. The number of carbonyl (C=O) groups is 1. The SMILES string of the molecule is CCC1CCN(CC2(C=O)CCOCC2)C1. The molecule has 0 aromatic carbocycles. The Morgan fingerprint density at radius 1 is 1.44 bits per heavy atom. The molecule has 2 rings (SSSR count). The maximum absolute atomic E-state index is 11.3. The Hall–Kier alpha value is -0.410. The van der Waals surface area contributed by atoms with Crippen LogP contribution >= 0.6 is 0 Å². The van der Waals surface area contributed by atoms with Crippen LogP contribution in [0.25, 0.3) is 0 Å². The first-order valence-corrected chi connectivity index (χ1v) is 6.54. The minimum absolute atomic E-state index is 0.110. The van der Waals surface area contributed by atoms with Gasteiger partial charge in [-0.05, 0) is 31.7 Å². The van der Waals surface area contributed by atoms with Crippen molar-refractivity contribution in [2.24, 2.45) is 11.3 Å². The third-order valence-electron chi connectivity index (χ3n) is 4.22. The van der Waals surface area contributed by atoms with Gasteiger partial charge in [0.2, 0.25) is 0 Å². The zero-order valence-corrected chi connectivity index (χ0v) is 10.3. The summed E-state index contributed by atoms with van der Waals surface area (Å²) in [6.07, 6.45) is 5.58. The number of ether oxygens (including phenoxy) is 1. The predicted molar refractivity (Wildman–Crippen MR) is 63.4 cm³/mol. The summed E-state index contributed by atoms with van der Waals surface area (Å²) in [4.78, 5) is 13.8. The van der Waals surface area contributed by atoms with Gasteiger partial charge in [-0.25, -0.2) is 0 Å². The second kappa shape index (κ2) is 5.28. The molecule has 2 fully saturated rings. The Balaban J connectivity index is 1.89. The van der Waals surface area contributed by atoms with E-state index in [4.69, 9.17) is 4.74 Å². The van der Waals surface area contributed by atoms with Gasteiger partial charge in [-0.2, -0.15) is 0 Å². The van der Waals surface area contributed by atoms with Crippen LogP contribution < -0.4 is 0 Å². The molecule has 3 heteroatoms. The molecule has 0 radical (unpaired) electrons. The molecule has 92 valence electrons. The van der Waals surface area contributed by atoms with Crippen molar-refractivity contribution in [2.45, 2.75) is 32.6 Å². The van der Waals surface area contributed by atoms with Crippen molar-refractivity contribution in [1.29, 1.82) is 0 Å². The van der Waals surface area contributed by atoms with E-state index in [2.05, 4.69) is 11.8 Å². The van der Waals surface area contributed by atoms with E-state index in [9.17, 15) is 4.79 Å². The van der Waals surface area contributed by atoms with Gasteiger partial charge in [-0.1, -0.05) is 13.3 Å². The molecule has 1 atom stereocenters. The van der Waals surface area contributed by atoms with Gasteiger partial charge in [0, 0.05) is 31.7 Å². The van der Waals surface area contributed by atoms with Crippen LogP contribution in [0.1, 0.15) is 32.6 Å². The van der Waals surface area contributed by atoms with E-state index in [1.54, 1.807) is 0 Å². The Labute approximate surface area is 98.1 Å². The number of carbonyl (C=O) groups excluding carboxylic acids is 1. The number of hydrogen-bond donors (Lipinski definition) is 0. The summed E-state index contributed by atoms with van der Waals surface area (Å²) in [7, 11) is 0. The summed E-state index contributed by atoms with van der Waals surface area (Å²) >= 11 is 0. The molecule has 3 nitrogen and oxygen atoms in total. The number of aldehydes is 1. The summed E-state index contributed by atoms with van der Waals surface area (Å²) in [5.74, 6) is 0.851. The third kappa shape index (κ3) is 2.64. The Morgan fingerprint density at radius 3 is 2.75 bits per heavy atom. The second-order valence-electron chi connectivity index (χ2n) is 5.39. The van der Waals surface area contributed by atoms with E-state index in [-0.39, 0.29) is 5.41 Å². The quantitative estimate of drug-likeness (QED) is 0.682. The largest absolute Gasteiger partial charge is 0.381 e. The van der Waals surface area contributed by atoms with E-state index in [0.29, 0.717) is 0 Å². The molecule has 2 heterocycles. The molecule has 0 aromatic rings. The lowest BCUT2D eigenvalue weighted by molar-refractivity contribution is -0.122. The maximum atomic E-state index is 11.3. The average Bonchev–Trinajstić information content (AvgIpc) is 2.78. The van der Waals surface area contributed by atoms with Gasteiger partial charge in [0.05, 0.1) is 0 Å². The lowest BCUT2D eigenvalue weighted by atomic mass is 9.81. The van der Waals surface area contributed by atoms with Gasteiger partial charge in [0.25, 0.3) is 0 Å². The highest BCUT2D eigenvalue weighted by Crippen LogP contribution is 2.31. The molecule has 0 saturated carbocycles. The van der Waals surface area contributed by atoms with Crippen LogP contribution in [-0.4, -0.2) is 44.0 Å². The molecule has 0 N–H and O–H groups in total. The van der Waals surface area contributed by atoms with Crippen LogP contribution in [0, 0.1) is 11.3 Å². The minimum Gasteiger partial charge on any atom is -0.381 e. The zero-order valence-electron chi connectivity index (χ0n) is 10.3. The van der Waals surface area contributed by atoms with Crippen LogP contribution in [0.3, 0.4) is 0 Å². The summed E-state index contributed by atoms with van der Waals surface area (Å²) in [5.41, 5.74) is -0.110. The van der Waals surface area contributed by atoms with E-state index in [0.717, 1.165) is 38.5 Å². The zero-order chi connectivity index (χ0) is 11.4. The number of likely N-dealkylation sites (tertiary alicyclic amines) is 1. The first-order chi connectivity index (χ1) is 7.78. The summed E-state index contributed by atoms with van der Waals surface area (Å²) in [5, 5.41) is 0. The highest BCUT2D eigenvalue weighted by Gasteiger charge is 2.36. The van der Waals surface area contributed by atoms with Gasteiger partial charge < -0.3 is 14.4 Å². The molecule has 2 aliphatic heterocycles. The molecule has 16 heavy (non-hydrogen) atoms. The van der Waals surface area contributed by atoms with Crippen molar-refractivity contribution in [3.8, 4) is 0 Å². The molecular formula is C13H23NO2. The fraction of sp³-hybridized carbons (Fsp3) is 0.923. The predicted octanol–water partition coefficient (Wildman–Crippen LogP) is 1.71. The average molecular weight is 225 g/mol. The highest BCUT2D eigenvalue weighted by atomic mass is 16.5. The normalized spacial score (nSPS) is 30.4. The fourth-order valence-corrected chi connectivity index (χ4v) is 2.93. The molecule has 0 amide bonds. The summed E-state index contributed by atoms with van der Waals surface area (Å²) in [6.45, 7) is 7.09. The Morgan fingerprint density at radius 2 is 2.19 bits per heavy atom. The Kier molecular flexibility index (Phi) is 3.98. The lowest BCUT2D eigenvalue weighted by Gasteiger charge is -2.35. The van der Waals surface area contributed by atoms with Gasteiger partial charge in [-0.3, -0.25) is 0 Å². The third-order valence-corrected chi connectivity index (χ3v) is 4.22. The van der Waals surface area contributed by atoms with Gasteiger partial charge >= 0.3 is 0 Å². The standard InChI is InChI=1S/C13H23NO2/c1-2-12-3-6-14(9-12)10-13(11-15)4-7-16-8-5-13/h11-12H,2-10H2,1H3. The van der Waals surface area contributed by atoms with E-state index in [1.807, 2.05) is 0 Å². The van der Waals surface area contributed by atoms with Gasteiger partial charge in [0.1, 0.15) is 6.29 Å². The smallest absolute Gasteiger partial charge is 0.127 e. The van der Waals surface area contributed by atoms with E-state index >= 15 is 0 Å². The number of rotatable bonds is 4. The first-order valence-electron chi connectivity index (χ1n) is 6.54. The molecule has 0 aromatic heterocycles. The first kappa shape index (κ1) is 12.1. The monoisotopic (exact) mass is 225 g/mol. The molecule has 1 unspecified atom stereocenters.